The van der Waals surface area contributed by atoms with Crippen molar-refractivity contribution in [3.63, 3.8) is 0 Å². The molecule has 14 heteroatoms. The van der Waals surface area contributed by atoms with Gasteiger partial charge in [-0.15, -0.1) is 0 Å². The van der Waals surface area contributed by atoms with Crippen molar-refractivity contribution in [1.82, 2.24) is 30.2 Å². The maximum Gasteiger partial charge on any atom is 0.408 e. The molecule has 3 aromatic rings. The van der Waals surface area contributed by atoms with E-state index in [4.69, 9.17) is 9.47 Å². The first-order valence-corrected chi connectivity index (χ1v) is 19.3. The minimum Gasteiger partial charge on any atom is -0.444 e. The van der Waals surface area contributed by atoms with E-state index in [1.54, 1.807) is 47.1 Å². The second-order valence-corrected chi connectivity index (χ2v) is 17.4. The molecule has 0 aliphatic carbocycles. The standard InChI is InChI=1S/C41H59F3N6O5/c1-25(51)32-13-11-18-50(47-32)37(52)33(46-38(53)55-40(6,7)8)23-48-19-16-28(22-48)27-14-15-34-30(20-27)31(21-39(3,4)5)36(49(34)24-41(42,43)44)29-12-10-17-45-35(29)26(2)54-9/h10,12,14-15,17,20,25-26,28,32-33,47,51H,11,13,16,18-19,21-24H2,1-9H3,(H,46,53)/t25?,26-,28?,32-,33-/m0/s1. The number of nitrogens with zero attached hydrogens (tertiary/aromatic N) is 4. The maximum atomic E-state index is 14.4. The van der Waals surface area contributed by atoms with Gasteiger partial charge in [-0.1, -0.05) is 26.8 Å². The van der Waals surface area contributed by atoms with E-state index in [0.717, 1.165) is 29.4 Å². The zero-order valence-corrected chi connectivity index (χ0v) is 33.7. The van der Waals surface area contributed by atoms with Crippen molar-refractivity contribution in [3.05, 3.63) is 53.3 Å². The number of aliphatic hydroxyl groups excluding tert-OH is 1. The predicted octanol–water partition coefficient (Wildman–Crippen LogP) is 7.12. The number of methoxy groups -OCH3 is 1. The molecule has 5 atom stereocenters. The van der Waals surface area contributed by atoms with Crippen LogP contribution in [0, 0.1) is 5.41 Å². The third-order valence-electron chi connectivity index (χ3n) is 10.3. The first-order chi connectivity index (χ1) is 25.6. The van der Waals surface area contributed by atoms with Crippen molar-refractivity contribution >= 4 is 22.9 Å². The number of aliphatic hydroxyl groups is 1. The lowest BCUT2D eigenvalue weighted by Crippen LogP contribution is -2.62. The molecule has 55 heavy (non-hydrogen) atoms. The Hall–Kier alpha value is -3.72. The lowest BCUT2D eigenvalue weighted by atomic mass is 9.85. The molecule has 0 saturated carbocycles. The topological polar surface area (TPSA) is 121 Å². The van der Waals surface area contributed by atoms with Gasteiger partial charge in [-0.2, -0.15) is 13.2 Å². The van der Waals surface area contributed by atoms with E-state index in [0.29, 0.717) is 54.9 Å². The van der Waals surface area contributed by atoms with Gasteiger partial charge in [0.2, 0.25) is 0 Å². The van der Waals surface area contributed by atoms with Crippen molar-refractivity contribution in [2.24, 2.45) is 5.41 Å². The number of fused-ring (bicyclic) bond motifs is 1. The molecular weight excluding hydrogens is 713 g/mol. The number of hydrogen-bond donors (Lipinski definition) is 3. The summed E-state index contributed by atoms with van der Waals surface area (Å²) in [5, 5.41) is 15.3. The fourth-order valence-electron chi connectivity index (χ4n) is 7.78. The van der Waals surface area contributed by atoms with Crippen LogP contribution in [0.2, 0.25) is 0 Å². The predicted molar refractivity (Wildman–Crippen MR) is 206 cm³/mol. The van der Waals surface area contributed by atoms with E-state index < -0.39 is 42.7 Å². The molecular formula is C41H59F3N6O5. The molecule has 304 valence electrons. The molecule has 2 saturated heterocycles. The number of halogens is 3. The molecule has 0 spiro atoms. The van der Waals surface area contributed by atoms with Crippen LogP contribution in [0.3, 0.4) is 0 Å². The molecule has 2 aliphatic rings. The summed E-state index contributed by atoms with van der Waals surface area (Å²) in [6.07, 6.45) is -1.92. The van der Waals surface area contributed by atoms with Crippen LogP contribution in [0.15, 0.2) is 36.5 Å². The van der Waals surface area contributed by atoms with Crippen molar-refractivity contribution in [2.75, 3.05) is 33.3 Å². The highest BCUT2D eigenvalue weighted by Crippen LogP contribution is 2.43. The van der Waals surface area contributed by atoms with Gasteiger partial charge >= 0.3 is 12.3 Å². The summed E-state index contributed by atoms with van der Waals surface area (Å²) in [5.74, 6) is -0.280. The molecule has 11 nitrogen and oxygen atoms in total. The zero-order valence-electron chi connectivity index (χ0n) is 33.7. The molecule has 4 heterocycles. The number of carbonyl (C=O) groups is 2. The first kappa shape index (κ1) is 42.4. The number of nitrogens with one attached hydrogen (secondary N) is 2. The van der Waals surface area contributed by atoms with Gasteiger partial charge in [-0.3, -0.25) is 14.8 Å². The highest BCUT2D eigenvalue weighted by molar-refractivity contribution is 5.93. The maximum absolute atomic E-state index is 14.4. The van der Waals surface area contributed by atoms with E-state index in [1.807, 2.05) is 31.2 Å². The lowest BCUT2D eigenvalue weighted by molar-refractivity contribution is -0.141. The Labute approximate surface area is 322 Å². The number of benzene rings is 1. The Morgan fingerprint density at radius 3 is 2.44 bits per heavy atom. The smallest absolute Gasteiger partial charge is 0.408 e. The minimum atomic E-state index is -4.47. The second kappa shape index (κ2) is 16.8. The van der Waals surface area contributed by atoms with Crippen LogP contribution >= 0.6 is 0 Å². The molecule has 0 bridgehead atoms. The van der Waals surface area contributed by atoms with E-state index in [2.05, 4.69) is 41.4 Å². The van der Waals surface area contributed by atoms with Crippen molar-refractivity contribution in [3.8, 4) is 11.3 Å². The Bertz CT molecular complexity index is 1810. The third kappa shape index (κ3) is 10.8. The van der Waals surface area contributed by atoms with Crippen LogP contribution in [0.25, 0.3) is 22.2 Å². The number of hydrazine groups is 1. The number of alkyl carbamates (subject to hydrolysis) is 1. The van der Waals surface area contributed by atoms with Crippen molar-refractivity contribution in [1.29, 1.82) is 0 Å². The van der Waals surface area contributed by atoms with Crippen molar-refractivity contribution < 1.29 is 37.3 Å². The summed E-state index contributed by atoms with van der Waals surface area (Å²) in [6.45, 7) is 15.8. The zero-order chi connectivity index (χ0) is 40.5. The van der Waals surface area contributed by atoms with Crippen LogP contribution in [0.4, 0.5) is 18.0 Å². The summed E-state index contributed by atoms with van der Waals surface area (Å²) in [5.41, 5.74) is 6.14. The Morgan fingerprint density at radius 2 is 1.80 bits per heavy atom. The van der Waals surface area contributed by atoms with Gasteiger partial charge in [0.1, 0.15) is 18.2 Å². The van der Waals surface area contributed by atoms with Gasteiger partial charge in [0.15, 0.2) is 0 Å². The number of likely N-dealkylation sites (tertiary alicyclic amines) is 1. The highest BCUT2D eigenvalue weighted by Gasteiger charge is 2.37. The molecule has 2 aromatic heterocycles. The molecule has 3 N–H and O–H groups in total. The summed E-state index contributed by atoms with van der Waals surface area (Å²) in [6, 6.07) is 8.15. The average molecular weight is 773 g/mol. The minimum absolute atomic E-state index is 0.0359. The number of ether oxygens (including phenoxy) is 2. The van der Waals surface area contributed by atoms with Crippen LogP contribution in [-0.2, 0) is 27.2 Å². The van der Waals surface area contributed by atoms with Gasteiger partial charge < -0.3 is 29.4 Å². The number of amides is 2. The Kier molecular flexibility index (Phi) is 13.0. The summed E-state index contributed by atoms with van der Waals surface area (Å²) >= 11 is 0. The molecule has 2 fully saturated rings. The summed E-state index contributed by atoms with van der Waals surface area (Å²) < 4.78 is 55.6. The quantitative estimate of drug-likeness (QED) is 0.189. The van der Waals surface area contributed by atoms with Crippen LogP contribution in [0.1, 0.15) is 103 Å². The van der Waals surface area contributed by atoms with Crippen LogP contribution < -0.4 is 10.7 Å². The number of alkyl halides is 3. The van der Waals surface area contributed by atoms with Crippen LogP contribution in [0.5, 0.6) is 0 Å². The average Bonchev–Trinajstić information content (AvgIpc) is 3.67. The van der Waals surface area contributed by atoms with Gasteiger partial charge in [0, 0.05) is 49.4 Å². The first-order valence-electron chi connectivity index (χ1n) is 19.3. The number of pyridine rings is 1. The fourth-order valence-corrected chi connectivity index (χ4v) is 7.78. The number of aromatic nitrogens is 2. The summed E-state index contributed by atoms with van der Waals surface area (Å²) in [4.78, 5) is 33.6. The number of rotatable bonds is 11. The normalized spacial score (nSPS) is 20.4. The van der Waals surface area contributed by atoms with Gasteiger partial charge in [-0.05, 0) is 114 Å². The second-order valence-electron chi connectivity index (χ2n) is 17.4. The monoisotopic (exact) mass is 772 g/mol. The molecule has 1 aromatic carbocycles. The molecule has 2 amide bonds. The van der Waals surface area contributed by atoms with Gasteiger partial charge in [0.05, 0.1) is 29.6 Å². The van der Waals surface area contributed by atoms with Crippen molar-refractivity contribution in [2.45, 2.75) is 130 Å². The molecule has 2 unspecified atom stereocenters. The van der Waals surface area contributed by atoms with Gasteiger partial charge in [-0.25, -0.2) is 10.2 Å². The number of carbonyl (C=O) groups excluding carboxylic acids is 2. The Balaban J connectivity index is 1.49. The van der Waals surface area contributed by atoms with E-state index in [9.17, 15) is 27.9 Å². The van der Waals surface area contributed by atoms with E-state index >= 15 is 0 Å². The molecule has 2 aliphatic heterocycles. The fraction of sp³-hybridized carbons (Fsp3) is 0.634. The SMILES string of the molecule is CO[C@@H](C)c1ncccc1-c1c(CC(C)(C)C)c2cc(C3CCN(C[C@H](NC(=O)OC(C)(C)C)C(=O)N4CCC[C@@H](C(C)O)N4)C3)ccc2n1CC(F)(F)F. The summed E-state index contributed by atoms with van der Waals surface area (Å²) in [7, 11) is 1.56. The highest BCUT2D eigenvalue weighted by atomic mass is 19.4. The lowest BCUT2D eigenvalue weighted by Gasteiger charge is -2.37. The van der Waals surface area contributed by atoms with E-state index in [1.165, 1.54) is 9.58 Å². The van der Waals surface area contributed by atoms with E-state index in [-0.39, 0.29) is 29.8 Å². The molecule has 0 radical (unpaired) electrons. The molecule has 5 rings (SSSR count). The third-order valence-corrected chi connectivity index (χ3v) is 10.3. The number of hydrogen-bond acceptors (Lipinski definition) is 8. The largest absolute Gasteiger partial charge is 0.444 e. The van der Waals surface area contributed by atoms with Crippen LogP contribution in [-0.4, -0.2) is 99.8 Å². The Morgan fingerprint density at radius 1 is 1.07 bits per heavy atom. The van der Waals surface area contributed by atoms with Gasteiger partial charge in [0.25, 0.3) is 5.91 Å².